The van der Waals surface area contributed by atoms with Gasteiger partial charge in [0.1, 0.15) is 0 Å². The summed E-state index contributed by atoms with van der Waals surface area (Å²) in [6.07, 6.45) is 6.83. The fourth-order valence-corrected chi connectivity index (χ4v) is 4.61. The van der Waals surface area contributed by atoms with Crippen LogP contribution in [0.3, 0.4) is 0 Å². The Balaban J connectivity index is 1.33. The van der Waals surface area contributed by atoms with Crippen molar-refractivity contribution in [2.75, 3.05) is 13.2 Å². The van der Waals surface area contributed by atoms with E-state index >= 15 is 0 Å². The van der Waals surface area contributed by atoms with E-state index in [1.165, 1.54) is 0 Å². The first-order chi connectivity index (χ1) is 14.6. The molecule has 1 atom stereocenters. The molecule has 0 bridgehead atoms. The van der Waals surface area contributed by atoms with E-state index in [-0.39, 0.29) is 12.0 Å². The van der Waals surface area contributed by atoms with Gasteiger partial charge in [0.25, 0.3) is 5.91 Å². The van der Waals surface area contributed by atoms with Crippen molar-refractivity contribution in [3.63, 3.8) is 0 Å². The number of nitrogens with zero attached hydrogens (tertiary/aromatic N) is 3. The van der Waals surface area contributed by atoms with E-state index in [2.05, 4.69) is 29.4 Å². The fourth-order valence-electron chi connectivity index (χ4n) is 4.36. The first kappa shape index (κ1) is 19.3. The lowest BCUT2D eigenvalue weighted by molar-refractivity contribution is 0.0545. The van der Waals surface area contributed by atoms with Gasteiger partial charge in [-0.05, 0) is 53.6 Å². The van der Waals surface area contributed by atoms with Crippen LogP contribution in [0.15, 0.2) is 48.8 Å². The van der Waals surface area contributed by atoms with Crippen molar-refractivity contribution in [2.24, 2.45) is 7.05 Å². The largest absolute Gasteiger partial charge is 0.376 e. The highest BCUT2D eigenvalue weighted by Crippen LogP contribution is 2.31. The van der Waals surface area contributed by atoms with Crippen LogP contribution in [0.25, 0.3) is 11.1 Å². The minimum atomic E-state index is 0.0883. The highest BCUT2D eigenvalue weighted by Gasteiger charge is 2.31. The van der Waals surface area contributed by atoms with Gasteiger partial charge in [-0.1, -0.05) is 35.9 Å². The van der Waals surface area contributed by atoms with Gasteiger partial charge in [-0.25, -0.2) is 0 Å². The van der Waals surface area contributed by atoms with Crippen molar-refractivity contribution in [3.05, 3.63) is 76.1 Å². The van der Waals surface area contributed by atoms with E-state index in [0.717, 1.165) is 57.9 Å². The van der Waals surface area contributed by atoms with Crippen molar-refractivity contribution < 1.29 is 9.53 Å². The van der Waals surface area contributed by atoms with Crippen molar-refractivity contribution in [1.29, 1.82) is 0 Å². The number of amides is 1. The lowest BCUT2D eigenvalue weighted by Gasteiger charge is -2.19. The third-order valence-corrected chi connectivity index (χ3v) is 6.34. The van der Waals surface area contributed by atoms with E-state index in [0.29, 0.717) is 19.5 Å². The number of aromatic nitrogens is 2. The Hall–Kier alpha value is -2.63. The molecule has 2 aromatic carbocycles. The molecule has 2 aliphatic heterocycles. The summed E-state index contributed by atoms with van der Waals surface area (Å²) in [6.45, 7) is 2.08. The third kappa shape index (κ3) is 3.75. The minimum absolute atomic E-state index is 0.0883. The lowest BCUT2D eigenvalue weighted by Crippen LogP contribution is -2.32. The van der Waals surface area contributed by atoms with Crippen LogP contribution in [0.2, 0.25) is 5.02 Å². The summed E-state index contributed by atoms with van der Waals surface area (Å²) in [7, 11) is 1.91. The molecule has 1 aromatic heterocycles. The average molecular weight is 422 g/mol. The Kier molecular flexibility index (Phi) is 5.09. The molecule has 3 aromatic rings. The fraction of sp³-hybridized carbons (Fsp3) is 0.333. The summed E-state index contributed by atoms with van der Waals surface area (Å²) in [6, 6.07) is 12.4. The van der Waals surface area contributed by atoms with Crippen LogP contribution < -0.4 is 0 Å². The first-order valence-corrected chi connectivity index (χ1v) is 10.7. The number of rotatable bonds is 5. The lowest BCUT2D eigenvalue weighted by atomic mass is 9.99. The molecule has 0 radical (unpaired) electrons. The maximum atomic E-state index is 12.9. The van der Waals surface area contributed by atoms with Crippen molar-refractivity contribution in [2.45, 2.75) is 31.9 Å². The van der Waals surface area contributed by atoms with Crippen LogP contribution in [0.5, 0.6) is 0 Å². The van der Waals surface area contributed by atoms with Crippen LogP contribution in [0, 0.1) is 0 Å². The highest BCUT2D eigenvalue weighted by molar-refractivity contribution is 6.31. The number of halogens is 1. The molecule has 5 nitrogen and oxygen atoms in total. The van der Waals surface area contributed by atoms with Gasteiger partial charge in [0, 0.05) is 49.1 Å². The number of aryl methyl sites for hydroxylation is 1. The molecule has 0 aliphatic carbocycles. The van der Waals surface area contributed by atoms with Crippen LogP contribution >= 0.6 is 11.6 Å². The molecule has 1 fully saturated rings. The molecule has 0 N–H and O–H groups in total. The van der Waals surface area contributed by atoms with Crippen LogP contribution in [-0.2, 0) is 24.8 Å². The average Bonchev–Trinajstić information content (AvgIpc) is 3.46. The van der Waals surface area contributed by atoms with E-state index in [9.17, 15) is 4.79 Å². The summed E-state index contributed by atoms with van der Waals surface area (Å²) in [5, 5.41) is 4.95. The molecule has 0 spiro atoms. The number of hydrogen-bond acceptors (Lipinski definition) is 3. The Labute approximate surface area is 181 Å². The Morgan fingerprint density at radius 2 is 2.03 bits per heavy atom. The maximum absolute atomic E-state index is 12.9. The number of hydrogen-bond donors (Lipinski definition) is 0. The number of benzene rings is 2. The number of fused-ring (bicyclic) bond motifs is 1. The predicted octanol–water partition coefficient (Wildman–Crippen LogP) is 4.47. The van der Waals surface area contributed by atoms with Gasteiger partial charge in [-0.15, -0.1) is 0 Å². The molecule has 154 valence electrons. The molecule has 3 heterocycles. The molecular formula is C24H24ClN3O2. The van der Waals surface area contributed by atoms with E-state index in [4.69, 9.17) is 16.3 Å². The molecule has 6 heteroatoms. The van der Waals surface area contributed by atoms with E-state index in [1.807, 2.05) is 36.5 Å². The molecule has 5 rings (SSSR count). The second kappa shape index (κ2) is 7.89. The zero-order valence-corrected chi connectivity index (χ0v) is 17.7. The monoisotopic (exact) mass is 421 g/mol. The van der Waals surface area contributed by atoms with Crippen LogP contribution in [0.1, 0.15) is 39.9 Å². The van der Waals surface area contributed by atoms with Gasteiger partial charge in [0.05, 0.1) is 12.3 Å². The van der Waals surface area contributed by atoms with Crippen molar-refractivity contribution >= 4 is 17.5 Å². The van der Waals surface area contributed by atoms with Crippen LogP contribution in [-0.4, -0.2) is 39.8 Å². The Bertz CT molecular complexity index is 1080. The molecule has 1 saturated heterocycles. The quantitative estimate of drug-likeness (QED) is 0.610. The van der Waals surface area contributed by atoms with Gasteiger partial charge >= 0.3 is 0 Å². The minimum Gasteiger partial charge on any atom is -0.376 e. The predicted molar refractivity (Wildman–Crippen MR) is 117 cm³/mol. The summed E-state index contributed by atoms with van der Waals surface area (Å²) < 4.78 is 7.50. The SMILES string of the molecule is Cn1cc(-c2ccc(Cc3cc4c(cc3Cl)CN(CC3CCCO3)C4=O)cc2)cn1. The Morgan fingerprint density at radius 3 is 2.73 bits per heavy atom. The maximum Gasteiger partial charge on any atom is 0.254 e. The summed E-state index contributed by atoms with van der Waals surface area (Å²) >= 11 is 6.59. The molecule has 1 unspecified atom stereocenters. The van der Waals surface area contributed by atoms with Gasteiger partial charge in [0.2, 0.25) is 0 Å². The first-order valence-electron chi connectivity index (χ1n) is 10.4. The van der Waals surface area contributed by atoms with Gasteiger partial charge in [-0.3, -0.25) is 9.48 Å². The third-order valence-electron chi connectivity index (χ3n) is 5.99. The van der Waals surface area contributed by atoms with Gasteiger partial charge in [0.15, 0.2) is 0 Å². The molecular weight excluding hydrogens is 398 g/mol. The van der Waals surface area contributed by atoms with E-state index in [1.54, 1.807) is 4.68 Å². The van der Waals surface area contributed by atoms with Gasteiger partial charge < -0.3 is 9.64 Å². The van der Waals surface area contributed by atoms with Crippen molar-refractivity contribution in [3.8, 4) is 11.1 Å². The molecule has 2 aliphatic rings. The number of carbonyl (C=O) groups excluding carboxylic acids is 1. The molecule has 1 amide bonds. The van der Waals surface area contributed by atoms with Crippen LogP contribution in [0.4, 0.5) is 0 Å². The molecule has 0 saturated carbocycles. The van der Waals surface area contributed by atoms with Gasteiger partial charge in [-0.2, -0.15) is 5.10 Å². The summed E-state index contributed by atoms with van der Waals surface area (Å²) in [5.74, 6) is 0.0883. The second-order valence-corrected chi connectivity index (χ2v) is 8.61. The second-order valence-electron chi connectivity index (χ2n) is 8.20. The highest BCUT2D eigenvalue weighted by atomic mass is 35.5. The number of carbonyl (C=O) groups is 1. The Morgan fingerprint density at radius 1 is 1.20 bits per heavy atom. The number of ether oxygens (including phenoxy) is 1. The molecule has 30 heavy (non-hydrogen) atoms. The van der Waals surface area contributed by atoms with Crippen molar-refractivity contribution in [1.82, 2.24) is 14.7 Å². The standard InChI is InChI=1S/C24H24ClN3O2/c1-27-13-20(12-26-27)17-6-4-16(5-7-17)9-18-10-22-19(11-23(18)25)14-28(24(22)29)15-21-3-2-8-30-21/h4-7,10-13,21H,2-3,8-9,14-15H2,1H3. The van der Waals surface area contributed by atoms with E-state index < -0.39 is 0 Å². The zero-order valence-electron chi connectivity index (χ0n) is 17.0. The summed E-state index contributed by atoms with van der Waals surface area (Å²) in [4.78, 5) is 14.8. The normalized spacial score (nSPS) is 18.3. The smallest absolute Gasteiger partial charge is 0.254 e. The topological polar surface area (TPSA) is 47.4 Å². The zero-order chi connectivity index (χ0) is 20.7. The summed E-state index contributed by atoms with van der Waals surface area (Å²) in [5.41, 5.74) is 6.16.